The van der Waals surface area contributed by atoms with Gasteiger partial charge in [0.05, 0.1) is 0 Å². The molecular formula is C14H24N2O. The van der Waals surface area contributed by atoms with Crippen LogP contribution in [-0.4, -0.2) is 38.7 Å². The Bertz CT molecular complexity index is 337. The fraction of sp³-hybridized carbons (Fsp3) is 0.571. The van der Waals surface area contributed by atoms with Crippen molar-refractivity contribution in [1.29, 1.82) is 0 Å². The van der Waals surface area contributed by atoms with Gasteiger partial charge in [0.1, 0.15) is 12.4 Å². The Morgan fingerprint density at radius 1 is 1.29 bits per heavy atom. The van der Waals surface area contributed by atoms with E-state index in [1.807, 2.05) is 0 Å². The monoisotopic (exact) mass is 236 g/mol. The number of hydrogen-bond donors (Lipinski definition) is 1. The molecule has 0 bridgehead atoms. The molecular weight excluding hydrogens is 212 g/mol. The van der Waals surface area contributed by atoms with Crippen LogP contribution in [0.3, 0.4) is 0 Å². The quantitative estimate of drug-likeness (QED) is 0.784. The average Bonchev–Trinajstić information content (AvgIpc) is 2.28. The molecule has 0 heterocycles. The molecule has 0 saturated carbocycles. The summed E-state index contributed by atoms with van der Waals surface area (Å²) in [5.74, 6) is 0.999. The Morgan fingerprint density at radius 3 is 2.71 bits per heavy atom. The van der Waals surface area contributed by atoms with Crippen LogP contribution >= 0.6 is 0 Å². The topological polar surface area (TPSA) is 24.5 Å². The van der Waals surface area contributed by atoms with Gasteiger partial charge in [-0.05, 0) is 33.6 Å². The summed E-state index contributed by atoms with van der Waals surface area (Å²) >= 11 is 0. The maximum Gasteiger partial charge on any atom is 0.123 e. The van der Waals surface area contributed by atoms with E-state index < -0.39 is 0 Å². The Labute approximate surface area is 105 Å². The van der Waals surface area contributed by atoms with Crippen LogP contribution in [0.25, 0.3) is 0 Å². The second kappa shape index (κ2) is 7.30. The molecule has 0 aliphatic heterocycles. The first-order valence-electron chi connectivity index (χ1n) is 6.21. The van der Waals surface area contributed by atoms with Crippen molar-refractivity contribution in [2.75, 3.05) is 33.8 Å². The van der Waals surface area contributed by atoms with Crippen molar-refractivity contribution in [2.24, 2.45) is 0 Å². The summed E-state index contributed by atoms with van der Waals surface area (Å²) in [4.78, 5) is 2.12. The fourth-order valence-electron chi connectivity index (χ4n) is 1.59. The predicted molar refractivity (Wildman–Crippen MR) is 72.6 cm³/mol. The van der Waals surface area contributed by atoms with E-state index in [4.69, 9.17) is 4.74 Å². The first-order chi connectivity index (χ1) is 8.13. The second-order valence-corrected chi connectivity index (χ2v) is 4.54. The molecule has 1 aromatic carbocycles. The zero-order valence-electron chi connectivity index (χ0n) is 11.4. The molecule has 3 nitrogen and oxygen atoms in total. The summed E-state index contributed by atoms with van der Waals surface area (Å²) in [6.45, 7) is 7.74. The zero-order valence-corrected chi connectivity index (χ0v) is 11.4. The third-order valence-electron chi connectivity index (χ3n) is 2.58. The van der Waals surface area contributed by atoms with Gasteiger partial charge in [0.25, 0.3) is 0 Å². The minimum absolute atomic E-state index is 0.731. The van der Waals surface area contributed by atoms with Gasteiger partial charge in [0, 0.05) is 18.7 Å². The molecule has 96 valence electrons. The van der Waals surface area contributed by atoms with Crippen molar-refractivity contribution < 1.29 is 4.74 Å². The van der Waals surface area contributed by atoms with E-state index >= 15 is 0 Å². The van der Waals surface area contributed by atoms with E-state index in [1.165, 1.54) is 11.1 Å². The smallest absolute Gasteiger partial charge is 0.123 e. The SMILES string of the molecule is CCNCc1cc(C)ccc1OCCN(C)C. The molecule has 0 unspecified atom stereocenters. The number of nitrogens with one attached hydrogen (secondary N) is 1. The van der Waals surface area contributed by atoms with E-state index in [9.17, 15) is 0 Å². The second-order valence-electron chi connectivity index (χ2n) is 4.54. The highest BCUT2D eigenvalue weighted by Crippen LogP contribution is 2.19. The van der Waals surface area contributed by atoms with Crippen LogP contribution in [0.5, 0.6) is 5.75 Å². The van der Waals surface area contributed by atoms with Crippen LogP contribution in [0, 0.1) is 6.92 Å². The highest BCUT2D eigenvalue weighted by atomic mass is 16.5. The van der Waals surface area contributed by atoms with E-state index in [0.29, 0.717) is 0 Å². The summed E-state index contributed by atoms with van der Waals surface area (Å²) < 4.78 is 5.82. The number of likely N-dealkylation sites (N-methyl/N-ethyl adjacent to an activating group) is 1. The molecule has 0 aliphatic carbocycles. The maximum absolute atomic E-state index is 5.82. The number of rotatable bonds is 7. The molecule has 0 fully saturated rings. The lowest BCUT2D eigenvalue weighted by Gasteiger charge is -2.14. The lowest BCUT2D eigenvalue weighted by Crippen LogP contribution is -2.20. The molecule has 0 saturated heterocycles. The first kappa shape index (κ1) is 14.0. The fourth-order valence-corrected chi connectivity index (χ4v) is 1.59. The number of benzene rings is 1. The maximum atomic E-state index is 5.82. The number of ether oxygens (including phenoxy) is 1. The van der Waals surface area contributed by atoms with Crippen molar-refractivity contribution in [3.05, 3.63) is 29.3 Å². The lowest BCUT2D eigenvalue weighted by molar-refractivity contribution is 0.259. The third kappa shape index (κ3) is 5.20. The molecule has 0 atom stereocenters. The van der Waals surface area contributed by atoms with Crippen LogP contribution in [0.4, 0.5) is 0 Å². The predicted octanol–water partition coefficient (Wildman–Crippen LogP) is 2.04. The van der Waals surface area contributed by atoms with E-state index in [1.54, 1.807) is 0 Å². The Morgan fingerprint density at radius 2 is 2.06 bits per heavy atom. The van der Waals surface area contributed by atoms with Crippen molar-refractivity contribution in [2.45, 2.75) is 20.4 Å². The molecule has 1 aromatic rings. The van der Waals surface area contributed by atoms with Gasteiger partial charge in [0.15, 0.2) is 0 Å². The standard InChI is InChI=1S/C14H24N2O/c1-5-15-11-13-10-12(2)6-7-14(13)17-9-8-16(3)4/h6-7,10,15H,5,8-9,11H2,1-4H3. The molecule has 0 amide bonds. The van der Waals surface area contributed by atoms with Gasteiger partial charge in [-0.25, -0.2) is 0 Å². The highest BCUT2D eigenvalue weighted by molar-refractivity contribution is 5.36. The Kier molecular flexibility index (Phi) is 6.01. The number of hydrogen-bond acceptors (Lipinski definition) is 3. The summed E-state index contributed by atoms with van der Waals surface area (Å²) in [6.07, 6.45) is 0. The summed E-state index contributed by atoms with van der Waals surface area (Å²) in [5.41, 5.74) is 2.52. The Balaban J connectivity index is 2.62. The normalized spacial score (nSPS) is 10.9. The van der Waals surface area contributed by atoms with E-state index in [0.717, 1.165) is 32.0 Å². The molecule has 1 N–H and O–H groups in total. The molecule has 1 rings (SSSR count). The van der Waals surface area contributed by atoms with E-state index in [-0.39, 0.29) is 0 Å². The minimum atomic E-state index is 0.731. The molecule has 0 spiro atoms. The molecule has 0 aliphatic rings. The van der Waals surface area contributed by atoms with E-state index in [2.05, 4.69) is 56.4 Å². The van der Waals surface area contributed by atoms with Gasteiger partial charge in [0.2, 0.25) is 0 Å². The number of nitrogens with zero attached hydrogens (tertiary/aromatic N) is 1. The van der Waals surface area contributed by atoms with Crippen molar-refractivity contribution >= 4 is 0 Å². The zero-order chi connectivity index (χ0) is 12.7. The number of aryl methyl sites for hydroxylation is 1. The third-order valence-corrected chi connectivity index (χ3v) is 2.58. The first-order valence-corrected chi connectivity index (χ1v) is 6.21. The summed E-state index contributed by atoms with van der Waals surface area (Å²) in [5, 5.41) is 3.34. The molecule has 0 aromatic heterocycles. The van der Waals surface area contributed by atoms with Gasteiger partial charge < -0.3 is 15.0 Å². The van der Waals surface area contributed by atoms with Crippen molar-refractivity contribution in [3.63, 3.8) is 0 Å². The van der Waals surface area contributed by atoms with Crippen LogP contribution in [0.1, 0.15) is 18.1 Å². The summed E-state index contributed by atoms with van der Waals surface area (Å²) in [7, 11) is 4.11. The van der Waals surface area contributed by atoms with Gasteiger partial charge in [-0.1, -0.05) is 24.6 Å². The van der Waals surface area contributed by atoms with Crippen LogP contribution in [-0.2, 0) is 6.54 Å². The van der Waals surface area contributed by atoms with Crippen LogP contribution in [0.2, 0.25) is 0 Å². The van der Waals surface area contributed by atoms with Gasteiger partial charge in [-0.15, -0.1) is 0 Å². The van der Waals surface area contributed by atoms with Crippen molar-refractivity contribution in [1.82, 2.24) is 10.2 Å². The van der Waals surface area contributed by atoms with Crippen LogP contribution < -0.4 is 10.1 Å². The highest BCUT2D eigenvalue weighted by Gasteiger charge is 2.03. The Hall–Kier alpha value is -1.06. The largest absolute Gasteiger partial charge is 0.492 e. The molecule has 0 radical (unpaired) electrons. The van der Waals surface area contributed by atoms with Gasteiger partial charge >= 0.3 is 0 Å². The lowest BCUT2D eigenvalue weighted by atomic mass is 10.1. The van der Waals surface area contributed by atoms with Gasteiger partial charge in [-0.2, -0.15) is 0 Å². The molecule has 17 heavy (non-hydrogen) atoms. The van der Waals surface area contributed by atoms with Crippen molar-refractivity contribution in [3.8, 4) is 5.75 Å². The van der Waals surface area contributed by atoms with Crippen LogP contribution in [0.15, 0.2) is 18.2 Å². The average molecular weight is 236 g/mol. The summed E-state index contributed by atoms with van der Waals surface area (Å²) in [6, 6.07) is 6.35. The molecule has 3 heteroatoms. The minimum Gasteiger partial charge on any atom is -0.492 e. The van der Waals surface area contributed by atoms with Gasteiger partial charge in [-0.3, -0.25) is 0 Å².